The summed E-state index contributed by atoms with van der Waals surface area (Å²) in [5.41, 5.74) is 0. The molecule has 1 atom stereocenters. The average Bonchev–Trinajstić information content (AvgIpc) is 2.15. The van der Waals surface area contributed by atoms with Gasteiger partial charge in [-0.25, -0.2) is 0 Å². The molecule has 0 saturated heterocycles. The number of unbranched alkanes of at least 4 members (excludes halogenated alkanes) is 1. The van der Waals surface area contributed by atoms with Crippen molar-refractivity contribution in [3.05, 3.63) is 0 Å². The van der Waals surface area contributed by atoms with Crippen LogP contribution < -0.4 is 0 Å². The Morgan fingerprint density at radius 1 is 1.13 bits per heavy atom. The van der Waals surface area contributed by atoms with Gasteiger partial charge in [0.1, 0.15) is 0 Å². The van der Waals surface area contributed by atoms with E-state index < -0.39 is 6.72 Å². The highest BCUT2D eigenvalue weighted by molar-refractivity contribution is 8.07. The highest BCUT2D eigenvalue weighted by Crippen LogP contribution is 2.51. The molecule has 0 aliphatic rings. The number of hydrogen-bond acceptors (Lipinski definition) is 4. The van der Waals surface area contributed by atoms with E-state index in [2.05, 4.69) is 6.92 Å². The predicted octanol–water partition coefficient (Wildman–Crippen LogP) is 3.88. The second-order valence-corrected chi connectivity index (χ2v) is 6.30. The molecule has 5 heteroatoms. The summed E-state index contributed by atoms with van der Waals surface area (Å²) in [7, 11) is 0. The molecule has 0 aromatic rings. The molecule has 3 nitrogen and oxygen atoms in total. The van der Waals surface area contributed by atoms with Crippen LogP contribution in [0.4, 0.5) is 0 Å². The van der Waals surface area contributed by atoms with Gasteiger partial charge in [0, 0.05) is 0 Å². The third-order valence-electron chi connectivity index (χ3n) is 1.85. The fourth-order valence-corrected chi connectivity index (χ4v) is 3.63. The Morgan fingerprint density at radius 3 is 2.07 bits per heavy atom. The van der Waals surface area contributed by atoms with E-state index in [4.69, 9.17) is 25.4 Å². The molecular formula is C10H23O3PS. The Hall–Kier alpha value is 0.530. The zero-order valence-corrected chi connectivity index (χ0v) is 11.9. The van der Waals surface area contributed by atoms with Crippen molar-refractivity contribution in [2.24, 2.45) is 0 Å². The lowest BCUT2D eigenvalue weighted by molar-refractivity contribution is 0.124. The molecule has 0 aliphatic heterocycles. The highest BCUT2D eigenvalue weighted by Gasteiger charge is 2.22. The normalized spacial score (nSPS) is 14.1. The maximum Gasteiger partial charge on any atom is 0.327 e. The molecule has 0 amide bonds. The third kappa shape index (κ3) is 7.42. The lowest BCUT2D eigenvalue weighted by atomic mass is 10.2. The van der Waals surface area contributed by atoms with Gasteiger partial charge in [-0.2, -0.15) is 0 Å². The predicted molar refractivity (Wildman–Crippen MR) is 67.6 cm³/mol. The van der Waals surface area contributed by atoms with Crippen LogP contribution in [0.15, 0.2) is 0 Å². The summed E-state index contributed by atoms with van der Waals surface area (Å²) in [6, 6.07) is 0. The first-order valence-electron chi connectivity index (χ1n) is 5.65. The topological polar surface area (TPSA) is 27.7 Å². The van der Waals surface area contributed by atoms with Gasteiger partial charge in [0.05, 0.1) is 19.3 Å². The van der Waals surface area contributed by atoms with Crippen molar-refractivity contribution in [3.8, 4) is 0 Å². The minimum absolute atomic E-state index is 0.119. The van der Waals surface area contributed by atoms with Crippen molar-refractivity contribution < 1.29 is 13.6 Å². The van der Waals surface area contributed by atoms with E-state index >= 15 is 0 Å². The Kier molecular flexibility index (Phi) is 8.96. The third-order valence-corrected chi connectivity index (χ3v) is 4.51. The largest absolute Gasteiger partial charge is 0.327 e. The van der Waals surface area contributed by atoms with Gasteiger partial charge in [-0.3, -0.25) is 0 Å². The van der Waals surface area contributed by atoms with Crippen LogP contribution in [0.25, 0.3) is 0 Å². The van der Waals surface area contributed by atoms with E-state index in [-0.39, 0.29) is 6.10 Å². The molecule has 0 rings (SSSR count). The van der Waals surface area contributed by atoms with E-state index in [0.29, 0.717) is 13.2 Å². The van der Waals surface area contributed by atoms with Crippen molar-refractivity contribution in [1.29, 1.82) is 0 Å². The van der Waals surface area contributed by atoms with Crippen molar-refractivity contribution in [3.63, 3.8) is 0 Å². The molecule has 0 saturated carbocycles. The van der Waals surface area contributed by atoms with E-state index in [1.165, 1.54) is 6.42 Å². The van der Waals surface area contributed by atoms with Gasteiger partial charge in [-0.15, -0.1) is 0 Å². The van der Waals surface area contributed by atoms with Gasteiger partial charge in [-0.05, 0) is 39.0 Å². The Labute approximate surface area is 98.7 Å². The molecule has 0 aromatic carbocycles. The quantitative estimate of drug-likeness (QED) is 0.584. The number of hydrogen-bond donors (Lipinski definition) is 0. The molecule has 1 unspecified atom stereocenters. The molecule has 0 radical (unpaired) electrons. The van der Waals surface area contributed by atoms with Crippen molar-refractivity contribution in [2.45, 2.75) is 53.1 Å². The van der Waals surface area contributed by atoms with Crippen LogP contribution in [0.1, 0.15) is 47.0 Å². The SMILES string of the molecule is CCCCC(C)OP(=S)(OCC)OCC. The summed E-state index contributed by atoms with van der Waals surface area (Å²) in [5.74, 6) is 0. The van der Waals surface area contributed by atoms with Gasteiger partial charge in [0.15, 0.2) is 0 Å². The van der Waals surface area contributed by atoms with Crippen LogP contribution in [0, 0.1) is 0 Å². The van der Waals surface area contributed by atoms with Gasteiger partial charge in [0.2, 0.25) is 0 Å². The lowest BCUT2D eigenvalue weighted by Crippen LogP contribution is -2.09. The second-order valence-electron chi connectivity index (χ2n) is 3.34. The zero-order valence-electron chi connectivity index (χ0n) is 10.2. The van der Waals surface area contributed by atoms with Crippen LogP contribution >= 0.6 is 6.72 Å². The molecule has 0 N–H and O–H groups in total. The maximum absolute atomic E-state index is 5.70. The molecule has 0 aromatic heterocycles. The lowest BCUT2D eigenvalue weighted by Gasteiger charge is -2.24. The van der Waals surface area contributed by atoms with Gasteiger partial charge in [0.25, 0.3) is 0 Å². The van der Waals surface area contributed by atoms with Crippen molar-refractivity contribution in [2.75, 3.05) is 13.2 Å². The summed E-state index contributed by atoms with van der Waals surface area (Å²) in [6.07, 6.45) is 3.44. The second kappa shape index (κ2) is 8.66. The van der Waals surface area contributed by atoms with Crippen LogP contribution in [-0.4, -0.2) is 19.3 Å². The molecular weight excluding hydrogens is 231 g/mol. The minimum atomic E-state index is -2.48. The highest BCUT2D eigenvalue weighted by atomic mass is 32.5. The van der Waals surface area contributed by atoms with Crippen LogP contribution in [-0.2, 0) is 25.4 Å². The van der Waals surface area contributed by atoms with E-state index in [9.17, 15) is 0 Å². The Balaban J connectivity index is 4.08. The first kappa shape index (κ1) is 15.5. The fraction of sp³-hybridized carbons (Fsp3) is 1.00. The van der Waals surface area contributed by atoms with E-state index in [1.54, 1.807) is 0 Å². The van der Waals surface area contributed by atoms with Crippen LogP contribution in [0.2, 0.25) is 0 Å². The van der Waals surface area contributed by atoms with Gasteiger partial charge < -0.3 is 13.6 Å². The average molecular weight is 254 g/mol. The molecule has 0 aliphatic carbocycles. The fourth-order valence-electron chi connectivity index (χ4n) is 1.18. The van der Waals surface area contributed by atoms with Crippen LogP contribution in [0.5, 0.6) is 0 Å². The standard InChI is InChI=1S/C10H23O3PS/c1-5-8-9-10(4)13-14(15,11-6-2)12-7-3/h10H,5-9H2,1-4H3. The van der Waals surface area contributed by atoms with Gasteiger partial charge >= 0.3 is 6.72 Å². The Morgan fingerprint density at radius 2 is 1.67 bits per heavy atom. The summed E-state index contributed by atoms with van der Waals surface area (Å²) in [4.78, 5) is 0. The van der Waals surface area contributed by atoms with E-state index in [0.717, 1.165) is 12.8 Å². The molecule has 0 fully saturated rings. The summed E-state index contributed by atoms with van der Waals surface area (Å²) < 4.78 is 16.5. The zero-order chi connectivity index (χ0) is 11.7. The van der Waals surface area contributed by atoms with Crippen LogP contribution in [0.3, 0.4) is 0 Å². The molecule has 92 valence electrons. The number of rotatable bonds is 9. The molecule has 0 spiro atoms. The summed E-state index contributed by atoms with van der Waals surface area (Å²) in [6.45, 7) is 6.59. The maximum atomic E-state index is 5.70. The molecule has 0 bridgehead atoms. The smallest absolute Gasteiger partial charge is 0.309 e. The molecule has 0 heterocycles. The van der Waals surface area contributed by atoms with Crippen molar-refractivity contribution >= 4 is 18.5 Å². The van der Waals surface area contributed by atoms with Gasteiger partial charge in [-0.1, -0.05) is 19.8 Å². The first-order chi connectivity index (χ1) is 7.08. The monoisotopic (exact) mass is 254 g/mol. The summed E-state index contributed by atoms with van der Waals surface area (Å²) >= 11 is 5.27. The first-order valence-corrected chi connectivity index (χ1v) is 8.21. The van der Waals surface area contributed by atoms with E-state index in [1.807, 2.05) is 20.8 Å². The van der Waals surface area contributed by atoms with Crippen molar-refractivity contribution in [1.82, 2.24) is 0 Å². The molecule has 15 heavy (non-hydrogen) atoms. The summed E-state index contributed by atoms with van der Waals surface area (Å²) in [5, 5.41) is 0. The minimum Gasteiger partial charge on any atom is -0.309 e. The Bertz CT molecular complexity index is 189.